The monoisotopic (exact) mass is 204 g/mol. The first-order valence-electron chi connectivity index (χ1n) is 4.05. The number of carbonyl (C=O) groups is 1. The normalized spacial score (nSPS) is 12.2. The lowest BCUT2D eigenvalue weighted by atomic mass is 10.3. The van der Waals surface area contributed by atoms with Crippen LogP contribution < -0.4 is 5.73 Å². The van der Waals surface area contributed by atoms with Crippen molar-refractivity contribution in [1.82, 2.24) is 4.90 Å². The van der Waals surface area contributed by atoms with Crippen molar-refractivity contribution >= 4 is 23.1 Å². The van der Waals surface area contributed by atoms with Crippen LogP contribution in [0.1, 0.15) is 13.3 Å². The van der Waals surface area contributed by atoms with Crippen molar-refractivity contribution in [2.24, 2.45) is 5.73 Å². The standard InChI is InChI=1S/C8H16N2O2S/c1-6(12-3)8(11)10(2)5-4-7(9)13/h6H,4-5H2,1-3H3,(H2,9,13). The molecular weight excluding hydrogens is 188 g/mol. The Morgan fingerprint density at radius 2 is 2.23 bits per heavy atom. The van der Waals surface area contributed by atoms with E-state index in [0.717, 1.165) is 0 Å². The minimum absolute atomic E-state index is 0.0567. The van der Waals surface area contributed by atoms with Gasteiger partial charge in [0.1, 0.15) is 6.10 Å². The molecule has 0 spiro atoms. The highest BCUT2D eigenvalue weighted by Crippen LogP contribution is 1.96. The van der Waals surface area contributed by atoms with Crippen LogP contribution in [0.3, 0.4) is 0 Å². The highest BCUT2D eigenvalue weighted by molar-refractivity contribution is 7.80. The van der Waals surface area contributed by atoms with Crippen molar-refractivity contribution in [3.8, 4) is 0 Å². The zero-order valence-electron chi connectivity index (χ0n) is 8.24. The van der Waals surface area contributed by atoms with E-state index in [2.05, 4.69) is 0 Å². The van der Waals surface area contributed by atoms with E-state index in [4.69, 9.17) is 22.7 Å². The Balaban J connectivity index is 3.89. The molecule has 0 aromatic carbocycles. The molecule has 1 atom stereocenters. The maximum Gasteiger partial charge on any atom is 0.251 e. The second-order valence-corrected chi connectivity index (χ2v) is 3.38. The van der Waals surface area contributed by atoms with E-state index in [1.54, 1.807) is 18.9 Å². The van der Waals surface area contributed by atoms with Crippen molar-refractivity contribution in [2.75, 3.05) is 20.7 Å². The minimum Gasteiger partial charge on any atom is -0.393 e. The maximum absolute atomic E-state index is 11.4. The Hall–Kier alpha value is -0.680. The average Bonchev–Trinajstić information content (AvgIpc) is 2.11. The fraction of sp³-hybridized carbons (Fsp3) is 0.750. The van der Waals surface area contributed by atoms with Gasteiger partial charge in [-0.25, -0.2) is 0 Å². The molecule has 0 bridgehead atoms. The highest BCUT2D eigenvalue weighted by Gasteiger charge is 2.15. The summed E-state index contributed by atoms with van der Waals surface area (Å²) in [5.41, 5.74) is 5.31. The summed E-state index contributed by atoms with van der Waals surface area (Å²) >= 11 is 4.70. The lowest BCUT2D eigenvalue weighted by Crippen LogP contribution is -2.37. The molecular formula is C8H16N2O2S. The van der Waals surface area contributed by atoms with Crippen LogP contribution in [0.25, 0.3) is 0 Å². The number of amides is 1. The van der Waals surface area contributed by atoms with Crippen LogP contribution in [-0.2, 0) is 9.53 Å². The minimum atomic E-state index is -0.406. The van der Waals surface area contributed by atoms with Crippen LogP contribution in [0, 0.1) is 0 Å². The number of thiocarbonyl (C=S) groups is 1. The van der Waals surface area contributed by atoms with Gasteiger partial charge in [0, 0.05) is 27.1 Å². The molecule has 5 heteroatoms. The largest absolute Gasteiger partial charge is 0.393 e. The third kappa shape index (κ3) is 4.80. The second-order valence-electron chi connectivity index (χ2n) is 2.85. The van der Waals surface area contributed by atoms with E-state index >= 15 is 0 Å². The third-order valence-electron chi connectivity index (χ3n) is 1.77. The molecule has 0 aromatic heterocycles. The van der Waals surface area contributed by atoms with Crippen LogP contribution in [0.2, 0.25) is 0 Å². The predicted octanol–water partition coefficient (Wildman–Crippen LogP) is 0.156. The van der Waals surface area contributed by atoms with E-state index < -0.39 is 6.10 Å². The van der Waals surface area contributed by atoms with Crippen LogP contribution in [0.4, 0.5) is 0 Å². The summed E-state index contributed by atoms with van der Waals surface area (Å²) in [6.45, 7) is 2.25. The first-order valence-corrected chi connectivity index (χ1v) is 4.46. The molecule has 0 aromatic rings. The number of methoxy groups -OCH3 is 1. The molecule has 0 aliphatic carbocycles. The number of ether oxygens (including phenoxy) is 1. The zero-order valence-corrected chi connectivity index (χ0v) is 9.06. The van der Waals surface area contributed by atoms with Gasteiger partial charge in [-0.05, 0) is 6.92 Å². The number of hydrogen-bond donors (Lipinski definition) is 1. The lowest BCUT2D eigenvalue weighted by molar-refractivity contribution is -0.139. The summed E-state index contributed by atoms with van der Waals surface area (Å²) in [5, 5.41) is 0. The molecule has 0 fully saturated rings. The summed E-state index contributed by atoms with van der Waals surface area (Å²) in [7, 11) is 3.21. The molecule has 0 radical (unpaired) electrons. The molecule has 0 saturated heterocycles. The molecule has 4 nitrogen and oxygen atoms in total. The lowest BCUT2D eigenvalue weighted by Gasteiger charge is -2.19. The van der Waals surface area contributed by atoms with Crippen LogP contribution in [0.15, 0.2) is 0 Å². The summed E-state index contributed by atoms with van der Waals surface area (Å²) in [6.07, 6.45) is 0.143. The van der Waals surface area contributed by atoms with E-state index in [1.807, 2.05) is 0 Å². The smallest absolute Gasteiger partial charge is 0.251 e. The SMILES string of the molecule is COC(C)C(=O)N(C)CCC(N)=S. The number of nitrogens with two attached hydrogens (primary N) is 1. The van der Waals surface area contributed by atoms with Gasteiger partial charge < -0.3 is 15.4 Å². The van der Waals surface area contributed by atoms with Crippen LogP contribution in [-0.4, -0.2) is 42.6 Å². The van der Waals surface area contributed by atoms with Gasteiger partial charge in [-0.3, -0.25) is 4.79 Å². The van der Waals surface area contributed by atoms with Gasteiger partial charge in [0.15, 0.2) is 0 Å². The van der Waals surface area contributed by atoms with Crippen LogP contribution in [0.5, 0.6) is 0 Å². The molecule has 1 amide bonds. The molecule has 0 rings (SSSR count). The Labute approximate surface area is 84.0 Å². The van der Waals surface area contributed by atoms with Crippen LogP contribution >= 0.6 is 12.2 Å². The fourth-order valence-corrected chi connectivity index (χ4v) is 0.891. The first-order chi connectivity index (χ1) is 5.99. The van der Waals surface area contributed by atoms with Gasteiger partial charge in [0.25, 0.3) is 5.91 Å². The van der Waals surface area contributed by atoms with Crippen molar-refractivity contribution in [2.45, 2.75) is 19.4 Å². The Bertz CT molecular complexity index is 197. The summed E-state index contributed by atoms with van der Waals surface area (Å²) < 4.78 is 4.88. The number of hydrogen-bond acceptors (Lipinski definition) is 3. The Morgan fingerprint density at radius 3 is 2.62 bits per heavy atom. The van der Waals surface area contributed by atoms with Gasteiger partial charge in [0.2, 0.25) is 0 Å². The van der Waals surface area contributed by atoms with Gasteiger partial charge in [-0.1, -0.05) is 12.2 Å². The molecule has 0 aliphatic rings. The second kappa shape index (κ2) is 5.88. The third-order valence-corrected chi connectivity index (χ3v) is 1.98. The molecule has 2 N–H and O–H groups in total. The Morgan fingerprint density at radius 1 is 1.69 bits per heavy atom. The topological polar surface area (TPSA) is 55.6 Å². The predicted molar refractivity (Wildman–Crippen MR) is 55.5 cm³/mol. The van der Waals surface area contributed by atoms with Gasteiger partial charge in [0.05, 0.1) is 4.99 Å². The molecule has 76 valence electrons. The van der Waals surface area contributed by atoms with Crippen molar-refractivity contribution in [3.05, 3.63) is 0 Å². The molecule has 0 aliphatic heterocycles. The molecule has 1 unspecified atom stereocenters. The molecule has 0 heterocycles. The van der Waals surface area contributed by atoms with Crippen molar-refractivity contribution in [3.63, 3.8) is 0 Å². The number of carbonyl (C=O) groups excluding carboxylic acids is 1. The molecule has 0 saturated carbocycles. The maximum atomic E-state index is 11.4. The average molecular weight is 204 g/mol. The van der Waals surface area contributed by atoms with E-state index in [-0.39, 0.29) is 5.91 Å². The zero-order chi connectivity index (χ0) is 10.4. The molecule has 13 heavy (non-hydrogen) atoms. The summed E-state index contributed by atoms with van der Waals surface area (Å²) in [5.74, 6) is -0.0567. The quantitative estimate of drug-likeness (QED) is 0.648. The van der Waals surface area contributed by atoms with Gasteiger partial charge >= 0.3 is 0 Å². The number of nitrogens with zero attached hydrogens (tertiary/aromatic N) is 1. The van der Waals surface area contributed by atoms with E-state index in [0.29, 0.717) is 18.0 Å². The van der Waals surface area contributed by atoms with Crippen molar-refractivity contribution in [1.29, 1.82) is 0 Å². The van der Waals surface area contributed by atoms with E-state index in [1.165, 1.54) is 7.11 Å². The first kappa shape index (κ1) is 12.3. The Kier molecular flexibility index (Phi) is 5.57. The highest BCUT2D eigenvalue weighted by atomic mass is 32.1. The van der Waals surface area contributed by atoms with E-state index in [9.17, 15) is 4.79 Å². The van der Waals surface area contributed by atoms with Crippen molar-refractivity contribution < 1.29 is 9.53 Å². The number of likely N-dealkylation sites (N-methyl/N-ethyl adjacent to an activating group) is 1. The van der Waals surface area contributed by atoms with Gasteiger partial charge in [-0.2, -0.15) is 0 Å². The summed E-state index contributed by atoms with van der Waals surface area (Å²) in [6, 6.07) is 0. The van der Waals surface area contributed by atoms with Gasteiger partial charge in [-0.15, -0.1) is 0 Å². The summed E-state index contributed by atoms with van der Waals surface area (Å²) in [4.78, 5) is 13.4. The fourth-order valence-electron chi connectivity index (χ4n) is 0.799. The number of rotatable bonds is 5.